The lowest BCUT2D eigenvalue weighted by atomic mass is 10.1. The second-order valence-corrected chi connectivity index (χ2v) is 5.29. The van der Waals surface area contributed by atoms with Crippen molar-refractivity contribution in [2.24, 2.45) is 0 Å². The number of carbonyl (C=O) groups is 1. The summed E-state index contributed by atoms with van der Waals surface area (Å²) in [4.78, 5) is 11.9. The van der Waals surface area contributed by atoms with Gasteiger partial charge in [-0.2, -0.15) is 13.2 Å². The van der Waals surface area contributed by atoms with Crippen LogP contribution in [0.4, 0.5) is 13.2 Å². The topological polar surface area (TPSA) is 76.8 Å². The van der Waals surface area contributed by atoms with Gasteiger partial charge in [-0.25, -0.2) is 0 Å². The van der Waals surface area contributed by atoms with Gasteiger partial charge in [0.05, 0.1) is 0 Å². The van der Waals surface area contributed by atoms with Gasteiger partial charge >= 0.3 is 6.18 Å². The van der Waals surface area contributed by atoms with Crippen molar-refractivity contribution in [1.82, 2.24) is 5.32 Å². The second kappa shape index (κ2) is 6.18. The van der Waals surface area contributed by atoms with E-state index in [0.29, 0.717) is 0 Å². The summed E-state index contributed by atoms with van der Waals surface area (Å²) in [6, 6.07) is 12.1. The van der Waals surface area contributed by atoms with Crippen molar-refractivity contribution < 1.29 is 18.0 Å². The molecule has 0 atom stereocenters. The maximum Gasteiger partial charge on any atom is 0.439 e. The molecule has 0 heterocycles. The molecule has 4 nitrogen and oxygen atoms in total. The predicted octanol–water partition coefficient (Wildman–Crippen LogP) is 3.78. The van der Waals surface area contributed by atoms with E-state index in [2.05, 4.69) is 0 Å². The number of hydrogen-bond donors (Lipinski definition) is 3. The van der Waals surface area contributed by atoms with Gasteiger partial charge in [-0.3, -0.25) is 15.6 Å². The van der Waals surface area contributed by atoms with E-state index in [1.165, 1.54) is 6.07 Å². The number of nitrogens with one attached hydrogen (secondary N) is 3. The predicted molar refractivity (Wildman–Crippen MR) is 80.5 cm³/mol. The van der Waals surface area contributed by atoms with E-state index in [-0.39, 0.29) is 17.3 Å². The largest absolute Gasteiger partial charge is 0.439 e. The van der Waals surface area contributed by atoms with E-state index >= 15 is 0 Å². The third-order valence-corrected chi connectivity index (χ3v) is 3.44. The summed E-state index contributed by atoms with van der Waals surface area (Å²) in [6.45, 7) is 0. The van der Waals surface area contributed by atoms with Crippen molar-refractivity contribution in [2.45, 2.75) is 6.18 Å². The molecule has 1 amide bonds. The standard InChI is InChI=1S/C14H10F3N3OS/c15-14(16,17)12(18)22-13(19)20-11(21)10-6-5-8-3-1-2-4-9(8)7-10/h1-7,18H,(H2,19,20,21). The van der Waals surface area contributed by atoms with E-state index in [0.717, 1.165) is 10.8 Å². The smallest absolute Gasteiger partial charge is 0.301 e. The van der Waals surface area contributed by atoms with Crippen LogP contribution in [0.5, 0.6) is 0 Å². The zero-order chi connectivity index (χ0) is 16.3. The van der Waals surface area contributed by atoms with Crippen LogP contribution in [0.2, 0.25) is 0 Å². The number of benzene rings is 2. The summed E-state index contributed by atoms with van der Waals surface area (Å²) < 4.78 is 36.6. The van der Waals surface area contributed by atoms with Gasteiger partial charge in [0.25, 0.3) is 5.91 Å². The minimum Gasteiger partial charge on any atom is -0.301 e. The first-order valence-electron chi connectivity index (χ1n) is 5.99. The number of carbonyl (C=O) groups excluding carboxylic acids is 1. The molecule has 0 fully saturated rings. The van der Waals surface area contributed by atoms with Gasteiger partial charge < -0.3 is 5.32 Å². The van der Waals surface area contributed by atoms with Crippen LogP contribution in [0.1, 0.15) is 10.4 Å². The molecule has 0 aliphatic rings. The molecule has 2 rings (SSSR count). The number of fused-ring (bicyclic) bond motifs is 1. The zero-order valence-electron chi connectivity index (χ0n) is 11.0. The van der Waals surface area contributed by atoms with Crippen LogP contribution in [0.15, 0.2) is 42.5 Å². The maximum absolute atomic E-state index is 12.2. The van der Waals surface area contributed by atoms with Gasteiger partial charge in [0.2, 0.25) is 0 Å². The minimum absolute atomic E-state index is 0.157. The molecule has 0 radical (unpaired) electrons. The Hall–Kier alpha value is -2.35. The lowest BCUT2D eigenvalue weighted by Gasteiger charge is -2.09. The fourth-order valence-corrected chi connectivity index (χ4v) is 2.15. The molecule has 2 aromatic rings. The first-order valence-corrected chi connectivity index (χ1v) is 6.81. The number of amides is 1. The highest BCUT2D eigenvalue weighted by molar-refractivity contribution is 8.26. The van der Waals surface area contributed by atoms with Gasteiger partial charge in [-0.05, 0) is 34.7 Å². The fourth-order valence-electron chi connectivity index (χ4n) is 1.69. The summed E-state index contributed by atoms with van der Waals surface area (Å²) in [5.74, 6) is -0.696. The van der Waals surface area contributed by atoms with E-state index in [4.69, 9.17) is 10.8 Å². The molecule has 114 valence electrons. The quantitative estimate of drug-likeness (QED) is 0.551. The Morgan fingerprint density at radius 2 is 1.68 bits per heavy atom. The zero-order valence-corrected chi connectivity index (χ0v) is 11.8. The van der Waals surface area contributed by atoms with Crippen LogP contribution in [0, 0.1) is 10.8 Å². The number of thioether (sulfide) groups is 1. The first kappa shape index (κ1) is 16.0. The average molecular weight is 325 g/mol. The van der Waals surface area contributed by atoms with Crippen molar-refractivity contribution in [3.8, 4) is 0 Å². The highest BCUT2D eigenvalue weighted by Crippen LogP contribution is 2.24. The van der Waals surface area contributed by atoms with Crippen LogP contribution in [-0.2, 0) is 0 Å². The van der Waals surface area contributed by atoms with E-state index < -0.39 is 22.3 Å². The minimum atomic E-state index is -4.83. The summed E-state index contributed by atoms with van der Waals surface area (Å²) in [6.07, 6.45) is -4.83. The van der Waals surface area contributed by atoms with Crippen LogP contribution < -0.4 is 5.32 Å². The fraction of sp³-hybridized carbons (Fsp3) is 0.0714. The van der Waals surface area contributed by atoms with Gasteiger partial charge in [0.1, 0.15) is 0 Å². The lowest BCUT2D eigenvalue weighted by Crippen LogP contribution is -2.30. The number of hydrogen-bond acceptors (Lipinski definition) is 4. The monoisotopic (exact) mass is 325 g/mol. The SMILES string of the molecule is N=C(NC(=O)c1ccc2ccccc2c1)SC(=N)C(F)(F)F. The molecule has 0 aliphatic heterocycles. The Balaban J connectivity index is 2.07. The molecular weight excluding hydrogens is 315 g/mol. The molecule has 0 aliphatic carbocycles. The molecule has 0 bridgehead atoms. The van der Waals surface area contributed by atoms with Crippen molar-refractivity contribution in [1.29, 1.82) is 10.8 Å². The van der Waals surface area contributed by atoms with Crippen molar-refractivity contribution in [3.63, 3.8) is 0 Å². The molecule has 0 unspecified atom stereocenters. The number of alkyl halides is 3. The van der Waals surface area contributed by atoms with Crippen LogP contribution in [0.25, 0.3) is 10.8 Å². The van der Waals surface area contributed by atoms with Crippen molar-refractivity contribution >= 4 is 38.7 Å². The third kappa shape index (κ3) is 3.85. The van der Waals surface area contributed by atoms with E-state index in [9.17, 15) is 18.0 Å². The Labute approximate surface area is 127 Å². The van der Waals surface area contributed by atoms with Crippen LogP contribution in [0.3, 0.4) is 0 Å². The van der Waals surface area contributed by atoms with Crippen molar-refractivity contribution in [2.75, 3.05) is 0 Å². The Morgan fingerprint density at radius 3 is 2.32 bits per heavy atom. The molecule has 0 saturated heterocycles. The van der Waals surface area contributed by atoms with Crippen molar-refractivity contribution in [3.05, 3.63) is 48.0 Å². The maximum atomic E-state index is 12.2. The molecule has 0 saturated carbocycles. The number of halogens is 3. The van der Waals surface area contributed by atoms with E-state index in [1.807, 2.05) is 17.4 Å². The number of rotatable bonds is 1. The number of amidine groups is 1. The molecule has 0 aromatic heterocycles. The van der Waals surface area contributed by atoms with Gasteiger partial charge in [-0.15, -0.1) is 0 Å². The average Bonchev–Trinajstić information content (AvgIpc) is 2.45. The highest BCUT2D eigenvalue weighted by Gasteiger charge is 2.36. The molecule has 0 spiro atoms. The molecule has 3 N–H and O–H groups in total. The highest BCUT2D eigenvalue weighted by atomic mass is 32.2. The summed E-state index contributed by atoms with van der Waals surface area (Å²) in [7, 11) is 0. The van der Waals surface area contributed by atoms with Crippen LogP contribution in [-0.4, -0.2) is 22.3 Å². The van der Waals surface area contributed by atoms with E-state index in [1.54, 1.807) is 24.3 Å². The Bertz CT molecular complexity index is 758. The third-order valence-electron chi connectivity index (χ3n) is 2.70. The van der Waals surface area contributed by atoms with Gasteiger partial charge in [-0.1, -0.05) is 30.3 Å². The Kier molecular flexibility index (Phi) is 4.51. The second-order valence-electron chi connectivity index (χ2n) is 4.27. The van der Waals surface area contributed by atoms with Gasteiger partial charge in [0.15, 0.2) is 10.2 Å². The first-order chi connectivity index (χ1) is 10.3. The van der Waals surface area contributed by atoms with Crippen LogP contribution >= 0.6 is 11.8 Å². The summed E-state index contributed by atoms with van der Waals surface area (Å²) in [5, 5.41) is 15.5. The Morgan fingerprint density at radius 1 is 1.05 bits per heavy atom. The van der Waals surface area contributed by atoms with Gasteiger partial charge in [0, 0.05) is 5.56 Å². The molecule has 22 heavy (non-hydrogen) atoms. The molecular formula is C14H10F3N3OS. The normalized spacial score (nSPS) is 11.2. The summed E-state index contributed by atoms with van der Waals surface area (Å²) >= 11 is -0.157. The molecule has 8 heteroatoms. The molecule has 2 aromatic carbocycles. The lowest BCUT2D eigenvalue weighted by molar-refractivity contribution is -0.0560. The summed E-state index contributed by atoms with van der Waals surface area (Å²) in [5.41, 5.74) is 0.225.